The summed E-state index contributed by atoms with van der Waals surface area (Å²) in [7, 11) is 1.30. The molecule has 0 aliphatic rings. The van der Waals surface area contributed by atoms with Crippen molar-refractivity contribution >= 4 is 55.6 Å². The van der Waals surface area contributed by atoms with Crippen LogP contribution >= 0.6 is 22.9 Å². The summed E-state index contributed by atoms with van der Waals surface area (Å²) in [5.41, 5.74) is 3.08. The van der Waals surface area contributed by atoms with Gasteiger partial charge in [0.15, 0.2) is 22.3 Å². The van der Waals surface area contributed by atoms with Crippen LogP contribution in [-0.2, 0) is 4.74 Å². The normalized spacial score (nSPS) is 11.1. The van der Waals surface area contributed by atoms with Gasteiger partial charge in [-0.2, -0.15) is 0 Å². The van der Waals surface area contributed by atoms with Crippen LogP contribution in [0.4, 0.5) is 10.8 Å². The lowest BCUT2D eigenvalue weighted by atomic mass is 10.2. The molecule has 0 saturated carbocycles. The zero-order valence-corrected chi connectivity index (χ0v) is 17.1. The van der Waals surface area contributed by atoms with Crippen molar-refractivity contribution in [3.63, 3.8) is 0 Å². The fourth-order valence-electron chi connectivity index (χ4n) is 3.04. The number of nitrogens with one attached hydrogen (secondary N) is 1. The Morgan fingerprint density at radius 2 is 2.00 bits per heavy atom. The minimum Gasteiger partial charge on any atom is -0.464 e. The van der Waals surface area contributed by atoms with Crippen molar-refractivity contribution in [3.8, 4) is 11.4 Å². The van der Waals surface area contributed by atoms with E-state index >= 15 is 0 Å². The number of thiazole rings is 1. The van der Waals surface area contributed by atoms with Crippen molar-refractivity contribution in [2.45, 2.75) is 0 Å². The van der Waals surface area contributed by atoms with Crippen molar-refractivity contribution < 1.29 is 9.53 Å². The van der Waals surface area contributed by atoms with Crippen molar-refractivity contribution in [2.24, 2.45) is 0 Å². The van der Waals surface area contributed by atoms with Crippen LogP contribution in [0.5, 0.6) is 0 Å². The first-order valence-corrected chi connectivity index (χ1v) is 10.0. The van der Waals surface area contributed by atoms with Crippen LogP contribution in [0.3, 0.4) is 0 Å². The number of carbonyl (C=O) groups excluding carboxylic acids is 1. The maximum atomic E-state index is 11.9. The predicted octanol–water partition coefficient (Wildman–Crippen LogP) is 4.58. The van der Waals surface area contributed by atoms with Crippen molar-refractivity contribution in [2.75, 3.05) is 12.4 Å². The number of esters is 1. The molecule has 5 aromatic rings. The van der Waals surface area contributed by atoms with Gasteiger partial charge in [-0.25, -0.2) is 14.8 Å². The lowest BCUT2D eigenvalue weighted by Crippen LogP contribution is -2.07. The third-order valence-electron chi connectivity index (χ3n) is 4.45. The van der Waals surface area contributed by atoms with E-state index in [1.165, 1.54) is 24.6 Å². The van der Waals surface area contributed by atoms with E-state index < -0.39 is 5.97 Å². The summed E-state index contributed by atoms with van der Waals surface area (Å²) in [6.45, 7) is 0. The second-order valence-corrected chi connectivity index (χ2v) is 7.79. The molecule has 3 heterocycles. The molecule has 5 rings (SSSR count). The number of anilines is 2. The summed E-state index contributed by atoms with van der Waals surface area (Å²) in [5, 5.41) is 13.1. The number of hydrogen-bond donors (Lipinski definition) is 1. The zero-order valence-electron chi connectivity index (χ0n) is 15.5. The third-order valence-corrected chi connectivity index (χ3v) is 5.62. The van der Waals surface area contributed by atoms with E-state index in [1.807, 2.05) is 42.5 Å². The van der Waals surface area contributed by atoms with Crippen molar-refractivity contribution in [1.29, 1.82) is 0 Å². The molecule has 30 heavy (non-hydrogen) atoms. The highest BCUT2D eigenvalue weighted by Crippen LogP contribution is 2.31. The Bertz CT molecular complexity index is 1400. The quantitative estimate of drug-likeness (QED) is 0.412. The SMILES string of the molecule is COC(=O)c1nccn2c(-c3ccc(Nc4nc5ccc(Cl)cc5s4)cc3)nnc12. The number of fused-ring (bicyclic) bond motifs is 2. The van der Waals surface area contributed by atoms with E-state index in [1.54, 1.807) is 10.6 Å². The summed E-state index contributed by atoms with van der Waals surface area (Å²) in [5.74, 6) is 0.0370. The van der Waals surface area contributed by atoms with Crippen LogP contribution in [0.15, 0.2) is 54.9 Å². The summed E-state index contributed by atoms with van der Waals surface area (Å²) in [6.07, 6.45) is 3.22. The number of hydrogen-bond acceptors (Lipinski definition) is 8. The van der Waals surface area contributed by atoms with Gasteiger partial charge in [-0.3, -0.25) is 4.40 Å². The second-order valence-electron chi connectivity index (χ2n) is 6.32. The molecule has 2 aromatic carbocycles. The van der Waals surface area contributed by atoms with Gasteiger partial charge >= 0.3 is 5.97 Å². The highest BCUT2D eigenvalue weighted by molar-refractivity contribution is 7.22. The van der Waals surface area contributed by atoms with E-state index in [-0.39, 0.29) is 5.69 Å². The first kappa shape index (κ1) is 18.5. The number of halogens is 1. The highest BCUT2D eigenvalue weighted by Gasteiger charge is 2.17. The zero-order chi connectivity index (χ0) is 20.7. The fourth-order valence-corrected chi connectivity index (χ4v) is 4.20. The monoisotopic (exact) mass is 436 g/mol. The number of ether oxygens (including phenoxy) is 1. The van der Waals surface area contributed by atoms with Gasteiger partial charge in [-0.05, 0) is 42.5 Å². The molecule has 0 amide bonds. The number of benzene rings is 2. The first-order valence-electron chi connectivity index (χ1n) is 8.84. The van der Waals surface area contributed by atoms with Crippen molar-refractivity contribution in [3.05, 3.63) is 65.6 Å². The smallest absolute Gasteiger partial charge is 0.360 e. The predicted molar refractivity (Wildman–Crippen MR) is 115 cm³/mol. The van der Waals surface area contributed by atoms with E-state index in [0.717, 1.165) is 26.6 Å². The second kappa shape index (κ2) is 7.36. The minimum atomic E-state index is -0.559. The van der Waals surface area contributed by atoms with E-state index in [0.29, 0.717) is 16.5 Å². The van der Waals surface area contributed by atoms with E-state index in [2.05, 4.69) is 25.5 Å². The molecule has 0 unspecified atom stereocenters. The molecule has 0 aliphatic carbocycles. The molecule has 0 fully saturated rings. The molecule has 148 valence electrons. The molecular weight excluding hydrogens is 424 g/mol. The summed E-state index contributed by atoms with van der Waals surface area (Å²) < 4.78 is 7.48. The van der Waals surface area contributed by atoms with Gasteiger partial charge in [0, 0.05) is 28.7 Å². The molecule has 0 bridgehead atoms. The van der Waals surface area contributed by atoms with Gasteiger partial charge in [0.05, 0.1) is 17.3 Å². The Labute approximate surface area is 179 Å². The number of carbonyl (C=O) groups is 1. The minimum absolute atomic E-state index is 0.118. The average molecular weight is 437 g/mol. The fraction of sp³-hybridized carbons (Fsp3) is 0.0500. The number of rotatable bonds is 4. The summed E-state index contributed by atoms with van der Waals surface area (Å²) >= 11 is 7.58. The lowest BCUT2D eigenvalue weighted by Gasteiger charge is -2.05. The van der Waals surface area contributed by atoms with Gasteiger partial charge in [-0.15, -0.1) is 10.2 Å². The van der Waals surface area contributed by atoms with Gasteiger partial charge in [-0.1, -0.05) is 22.9 Å². The van der Waals surface area contributed by atoms with Gasteiger partial charge < -0.3 is 10.1 Å². The summed E-state index contributed by atoms with van der Waals surface area (Å²) in [4.78, 5) is 20.5. The first-order chi connectivity index (χ1) is 14.6. The Kier molecular flexibility index (Phi) is 4.53. The molecule has 10 heteroatoms. The lowest BCUT2D eigenvalue weighted by molar-refractivity contribution is 0.0595. The molecule has 3 aromatic heterocycles. The Morgan fingerprint density at radius 1 is 1.17 bits per heavy atom. The van der Waals surface area contributed by atoms with E-state index in [9.17, 15) is 4.79 Å². The molecule has 0 atom stereocenters. The standard InChI is InChI=1S/C20H13ClN6O2S/c1-29-19(28)16-18-26-25-17(27(18)9-8-22-16)11-2-5-13(6-3-11)23-20-24-14-7-4-12(21)10-15(14)30-20/h2-10H,1H3,(H,23,24). The molecule has 0 saturated heterocycles. The largest absolute Gasteiger partial charge is 0.464 e. The van der Waals surface area contributed by atoms with Crippen LogP contribution < -0.4 is 5.32 Å². The van der Waals surface area contributed by atoms with Crippen LogP contribution in [-0.4, -0.2) is 37.6 Å². The van der Waals surface area contributed by atoms with Crippen LogP contribution in [0.25, 0.3) is 27.3 Å². The molecule has 1 N–H and O–H groups in total. The summed E-state index contributed by atoms with van der Waals surface area (Å²) in [6, 6.07) is 13.3. The Hall–Kier alpha value is -3.56. The van der Waals surface area contributed by atoms with Gasteiger partial charge in [0.25, 0.3) is 0 Å². The maximum Gasteiger partial charge on any atom is 0.360 e. The van der Waals surface area contributed by atoms with Crippen LogP contribution in [0.2, 0.25) is 5.02 Å². The van der Waals surface area contributed by atoms with Gasteiger partial charge in [0.2, 0.25) is 0 Å². The van der Waals surface area contributed by atoms with Crippen LogP contribution in [0.1, 0.15) is 10.5 Å². The number of nitrogens with zero attached hydrogens (tertiary/aromatic N) is 5. The molecular formula is C20H13ClN6O2S. The van der Waals surface area contributed by atoms with Crippen molar-refractivity contribution in [1.82, 2.24) is 24.6 Å². The molecule has 0 spiro atoms. The molecule has 0 aliphatic heterocycles. The van der Waals surface area contributed by atoms with Crippen LogP contribution in [0, 0.1) is 0 Å². The Morgan fingerprint density at radius 3 is 2.80 bits per heavy atom. The van der Waals surface area contributed by atoms with E-state index in [4.69, 9.17) is 16.3 Å². The molecule has 0 radical (unpaired) electrons. The number of methoxy groups -OCH3 is 1. The topological polar surface area (TPSA) is 94.3 Å². The third kappa shape index (κ3) is 3.23. The van der Waals surface area contributed by atoms with Gasteiger partial charge in [0.1, 0.15) is 0 Å². The maximum absolute atomic E-state index is 11.9. The molecule has 8 nitrogen and oxygen atoms in total. The average Bonchev–Trinajstić information content (AvgIpc) is 3.37. The number of aromatic nitrogens is 5. The highest BCUT2D eigenvalue weighted by atomic mass is 35.5. The Balaban J connectivity index is 1.44.